The highest BCUT2D eigenvalue weighted by Gasteiger charge is 2.51. The molecule has 1 N–H and O–H groups in total. The Balaban J connectivity index is 1.60. The van der Waals surface area contributed by atoms with Crippen LogP contribution in [0.4, 0.5) is 4.39 Å². The lowest BCUT2D eigenvalue weighted by Crippen LogP contribution is -2.80. The monoisotopic (exact) mass is 305 g/mol. The lowest BCUT2D eigenvalue weighted by atomic mass is 9.84. The first-order valence-electron chi connectivity index (χ1n) is 7.79. The van der Waals surface area contributed by atoms with Crippen LogP contribution >= 0.6 is 0 Å². The summed E-state index contributed by atoms with van der Waals surface area (Å²) in [6.07, 6.45) is 0. The van der Waals surface area contributed by atoms with Crippen molar-refractivity contribution in [3.05, 3.63) is 35.6 Å². The number of benzene rings is 1. The zero-order valence-electron chi connectivity index (χ0n) is 12.4. The molecule has 0 radical (unpaired) electrons. The minimum Gasteiger partial charge on any atom is -0.378 e. The van der Waals surface area contributed by atoms with Gasteiger partial charge < -0.3 is 15.0 Å². The molecule has 6 heteroatoms. The van der Waals surface area contributed by atoms with Gasteiger partial charge in [0.2, 0.25) is 0 Å². The number of morpholine rings is 1. The fourth-order valence-electron chi connectivity index (χ4n) is 3.88. The summed E-state index contributed by atoms with van der Waals surface area (Å²) in [5.41, 5.74) is 0.156. The van der Waals surface area contributed by atoms with Gasteiger partial charge >= 0.3 is 0 Å². The Bertz CT molecular complexity index is 591. The normalized spacial score (nSPS) is 27.3. The van der Waals surface area contributed by atoms with Gasteiger partial charge in [-0.3, -0.25) is 9.69 Å². The van der Waals surface area contributed by atoms with E-state index in [4.69, 9.17) is 4.74 Å². The number of carbonyl (C=O) groups is 1. The maximum atomic E-state index is 13.9. The Morgan fingerprint density at radius 2 is 2.18 bits per heavy atom. The summed E-state index contributed by atoms with van der Waals surface area (Å²) < 4.78 is 19.5. The van der Waals surface area contributed by atoms with Gasteiger partial charge in [0.05, 0.1) is 30.4 Å². The summed E-state index contributed by atoms with van der Waals surface area (Å²) in [7, 11) is 0. The topological polar surface area (TPSA) is 44.8 Å². The van der Waals surface area contributed by atoms with E-state index < -0.39 is 5.82 Å². The standard InChI is InChI=1S/C16H20FN3O2/c17-14-4-2-1-3-13(14)15(21)19-7-12-8-22-6-5-20(12)16(11-19)9-18-10-16/h1-4,12,18H,5-11H2/t12-/m1/s1. The lowest BCUT2D eigenvalue weighted by molar-refractivity contribution is -0.123. The number of rotatable bonds is 1. The molecule has 5 nitrogen and oxygen atoms in total. The zero-order chi connectivity index (χ0) is 15.2. The summed E-state index contributed by atoms with van der Waals surface area (Å²) in [6, 6.07) is 6.43. The second-order valence-electron chi connectivity index (χ2n) is 6.42. The Morgan fingerprint density at radius 3 is 2.91 bits per heavy atom. The van der Waals surface area contributed by atoms with Crippen molar-refractivity contribution in [2.75, 3.05) is 45.9 Å². The summed E-state index contributed by atoms with van der Waals surface area (Å²) in [5, 5.41) is 3.32. The fraction of sp³-hybridized carbons (Fsp3) is 0.562. The number of amides is 1. The molecule has 0 aliphatic carbocycles. The minimum absolute atomic E-state index is 0.00634. The van der Waals surface area contributed by atoms with E-state index in [1.807, 2.05) is 0 Å². The van der Waals surface area contributed by atoms with E-state index in [-0.39, 0.29) is 23.1 Å². The van der Waals surface area contributed by atoms with Crippen molar-refractivity contribution in [3.63, 3.8) is 0 Å². The number of piperazine rings is 1. The molecule has 3 heterocycles. The van der Waals surface area contributed by atoms with Crippen molar-refractivity contribution in [2.45, 2.75) is 11.6 Å². The average Bonchev–Trinajstić information content (AvgIpc) is 2.52. The first kappa shape index (κ1) is 14.1. The second-order valence-corrected chi connectivity index (χ2v) is 6.42. The third kappa shape index (κ3) is 2.14. The number of halogens is 1. The van der Waals surface area contributed by atoms with Gasteiger partial charge in [-0.1, -0.05) is 12.1 Å². The zero-order valence-corrected chi connectivity index (χ0v) is 12.4. The Labute approximate surface area is 129 Å². The van der Waals surface area contributed by atoms with Gasteiger partial charge in [-0.2, -0.15) is 0 Å². The van der Waals surface area contributed by atoms with Crippen molar-refractivity contribution >= 4 is 5.91 Å². The minimum atomic E-state index is -0.449. The molecule has 22 heavy (non-hydrogen) atoms. The Kier molecular flexibility index (Phi) is 3.40. The number of carbonyl (C=O) groups excluding carboxylic acids is 1. The molecule has 0 aromatic heterocycles. The van der Waals surface area contributed by atoms with Gasteiger partial charge in [-0.05, 0) is 12.1 Å². The highest BCUT2D eigenvalue weighted by atomic mass is 19.1. The largest absolute Gasteiger partial charge is 0.378 e. The summed E-state index contributed by atoms with van der Waals surface area (Å²) in [6.45, 7) is 5.32. The average molecular weight is 305 g/mol. The van der Waals surface area contributed by atoms with Crippen molar-refractivity contribution in [2.24, 2.45) is 0 Å². The summed E-state index contributed by atoms with van der Waals surface area (Å²) >= 11 is 0. The van der Waals surface area contributed by atoms with Crippen LogP contribution in [0, 0.1) is 5.82 Å². The maximum absolute atomic E-state index is 13.9. The smallest absolute Gasteiger partial charge is 0.256 e. The Hall–Kier alpha value is -1.50. The van der Waals surface area contributed by atoms with Gasteiger partial charge in [-0.25, -0.2) is 4.39 Å². The molecule has 118 valence electrons. The van der Waals surface area contributed by atoms with Gasteiger partial charge in [0.25, 0.3) is 5.91 Å². The first-order chi connectivity index (χ1) is 10.7. The van der Waals surface area contributed by atoms with Crippen LogP contribution in [0.3, 0.4) is 0 Å². The van der Waals surface area contributed by atoms with Crippen LogP contribution in [-0.2, 0) is 4.74 Å². The lowest BCUT2D eigenvalue weighted by Gasteiger charge is -2.60. The molecule has 1 atom stereocenters. The number of hydrogen-bond donors (Lipinski definition) is 1. The number of nitrogens with one attached hydrogen (secondary N) is 1. The van der Waals surface area contributed by atoms with Crippen molar-refractivity contribution in [1.29, 1.82) is 0 Å². The van der Waals surface area contributed by atoms with Crippen molar-refractivity contribution < 1.29 is 13.9 Å². The third-order valence-electron chi connectivity index (χ3n) is 5.05. The highest BCUT2D eigenvalue weighted by Crippen LogP contribution is 2.31. The number of ether oxygens (including phenoxy) is 1. The van der Waals surface area contributed by atoms with Crippen LogP contribution in [0.15, 0.2) is 24.3 Å². The molecule has 1 amide bonds. The van der Waals surface area contributed by atoms with Gasteiger partial charge in [0, 0.05) is 32.7 Å². The van der Waals surface area contributed by atoms with Crippen LogP contribution in [0.1, 0.15) is 10.4 Å². The first-order valence-corrected chi connectivity index (χ1v) is 7.79. The molecule has 1 aromatic rings. The molecule has 1 aromatic carbocycles. The maximum Gasteiger partial charge on any atom is 0.256 e. The summed E-state index contributed by atoms with van der Waals surface area (Å²) in [5.74, 6) is -0.662. The SMILES string of the molecule is O=C(c1ccccc1F)N1C[C@@H]2COCCN2C2(CNC2)C1. The van der Waals surface area contributed by atoms with Gasteiger partial charge in [0.1, 0.15) is 5.82 Å². The molecule has 1 spiro atoms. The fourth-order valence-corrected chi connectivity index (χ4v) is 3.88. The van der Waals surface area contributed by atoms with E-state index in [1.54, 1.807) is 23.1 Å². The molecule has 0 bridgehead atoms. The van der Waals surface area contributed by atoms with Crippen LogP contribution in [0.5, 0.6) is 0 Å². The number of nitrogens with zero attached hydrogens (tertiary/aromatic N) is 2. The van der Waals surface area contributed by atoms with Crippen LogP contribution in [0.25, 0.3) is 0 Å². The van der Waals surface area contributed by atoms with Gasteiger partial charge in [0.15, 0.2) is 0 Å². The van der Waals surface area contributed by atoms with E-state index in [2.05, 4.69) is 10.2 Å². The van der Waals surface area contributed by atoms with E-state index in [0.29, 0.717) is 19.7 Å². The van der Waals surface area contributed by atoms with Crippen molar-refractivity contribution in [1.82, 2.24) is 15.1 Å². The third-order valence-corrected chi connectivity index (χ3v) is 5.05. The molecule has 4 rings (SSSR count). The highest BCUT2D eigenvalue weighted by molar-refractivity contribution is 5.94. The molecule has 3 aliphatic rings. The summed E-state index contributed by atoms with van der Waals surface area (Å²) in [4.78, 5) is 17.0. The Morgan fingerprint density at radius 1 is 1.36 bits per heavy atom. The number of fused-ring (bicyclic) bond motifs is 2. The van der Waals surface area contributed by atoms with E-state index >= 15 is 0 Å². The predicted molar refractivity (Wildman–Crippen MR) is 79.2 cm³/mol. The number of hydrogen-bond acceptors (Lipinski definition) is 4. The van der Waals surface area contributed by atoms with Crippen LogP contribution in [-0.4, -0.2) is 73.2 Å². The molecule has 0 unspecified atom stereocenters. The molecular formula is C16H20FN3O2. The van der Waals surface area contributed by atoms with Crippen LogP contribution in [0.2, 0.25) is 0 Å². The molecule has 3 saturated heterocycles. The van der Waals surface area contributed by atoms with Crippen molar-refractivity contribution in [3.8, 4) is 0 Å². The molecule has 0 saturated carbocycles. The predicted octanol–water partition coefficient (Wildman–Crippen LogP) is 0.324. The molecule has 3 fully saturated rings. The molecular weight excluding hydrogens is 285 g/mol. The van der Waals surface area contributed by atoms with E-state index in [1.165, 1.54) is 6.07 Å². The quantitative estimate of drug-likeness (QED) is 0.812. The van der Waals surface area contributed by atoms with Crippen LogP contribution < -0.4 is 5.32 Å². The van der Waals surface area contributed by atoms with E-state index in [9.17, 15) is 9.18 Å². The second kappa shape index (κ2) is 5.30. The molecule has 3 aliphatic heterocycles. The van der Waals surface area contributed by atoms with E-state index in [0.717, 1.165) is 26.2 Å². The van der Waals surface area contributed by atoms with Gasteiger partial charge in [-0.15, -0.1) is 0 Å².